The van der Waals surface area contributed by atoms with Gasteiger partial charge in [0.1, 0.15) is 0 Å². The molecule has 1 aliphatic heterocycles. The molecule has 0 saturated carbocycles. The molecule has 0 aromatic carbocycles. The predicted molar refractivity (Wildman–Crippen MR) is 25.4 cm³/mol. The van der Waals surface area contributed by atoms with Crippen LogP contribution in [0.5, 0.6) is 0 Å². The van der Waals surface area contributed by atoms with Crippen LogP contribution in [0.25, 0.3) is 0 Å². The number of alkyl halides is 2. The van der Waals surface area contributed by atoms with Gasteiger partial charge in [-0.15, -0.1) is 0 Å². The van der Waals surface area contributed by atoms with E-state index < -0.39 is 5.92 Å². The van der Waals surface area contributed by atoms with Gasteiger partial charge in [0.15, 0.2) is 0 Å². The Morgan fingerprint density at radius 3 is 2.12 bits per heavy atom. The summed E-state index contributed by atoms with van der Waals surface area (Å²) in [6, 6.07) is 2.11. The van der Waals surface area contributed by atoms with Crippen LogP contribution in [0.15, 0.2) is 0 Å². The van der Waals surface area contributed by atoms with Gasteiger partial charge < -0.3 is 4.90 Å². The van der Waals surface area contributed by atoms with E-state index in [4.69, 9.17) is 6.42 Å². The van der Waals surface area contributed by atoms with Crippen LogP contribution < -0.4 is 0 Å². The lowest BCUT2D eigenvalue weighted by Gasteiger charge is -2.35. The highest BCUT2D eigenvalue weighted by Crippen LogP contribution is 2.24. The molecule has 0 atom stereocenters. The topological polar surface area (TPSA) is 3.24 Å². The normalized spacial score (nSPS) is 23.9. The third-order valence-corrected chi connectivity index (χ3v) is 1.03. The molecule has 0 amide bonds. The van der Waals surface area contributed by atoms with Gasteiger partial charge in [-0.3, -0.25) is 0 Å². The molecule has 1 nitrogen and oxygen atoms in total. The number of terminal acetylenes is 1. The number of hydrogen-bond acceptors (Lipinski definition) is 1. The first-order valence-corrected chi connectivity index (χ1v) is 2.23. The van der Waals surface area contributed by atoms with Gasteiger partial charge in [0, 0.05) is 6.04 Å². The number of likely N-dealkylation sites (tertiary alicyclic amines) is 1. The first kappa shape index (κ1) is 5.36. The molecule has 0 aromatic rings. The van der Waals surface area contributed by atoms with Gasteiger partial charge in [0.2, 0.25) is 0 Å². The van der Waals surface area contributed by atoms with Crippen molar-refractivity contribution in [1.82, 2.24) is 4.90 Å². The SMILES string of the molecule is C#CN1CC(F)(F)C1. The van der Waals surface area contributed by atoms with Gasteiger partial charge in [0.25, 0.3) is 5.92 Å². The molecule has 1 aliphatic rings. The Balaban J connectivity index is 2.34. The highest BCUT2D eigenvalue weighted by Gasteiger charge is 2.42. The largest absolute Gasteiger partial charge is 0.321 e. The summed E-state index contributed by atoms with van der Waals surface area (Å²) in [4.78, 5) is 1.24. The Labute approximate surface area is 46.3 Å². The Morgan fingerprint density at radius 1 is 1.50 bits per heavy atom. The second kappa shape index (κ2) is 1.35. The average Bonchev–Trinajstić information content (AvgIpc) is 1.60. The third kappa shape index (κ3) is 0.738. The van der Waals surface area contributed by atoms with Crippen LogP contribution in [0.2, 0.25) is 0 Å². The molecule has 0 N–H and O–H groups in total. The molecular formula is C5H5F2N. The minimum atomic E-state index is -2.52. The number of hydrogen-bond donors (Lipinski definition) is 0. The molecule has 0 aromatic heterocycles. The molecule has 1 heterocycles. The third-order valence-electron chi connectivity index (χ3n) is 1.03. The van der Waals surface area contributed by atoms with Crippen molar-refractivity contribution < 1.29 is 8.78 Å². The summed E-state index contributed by atoms with van der Waals surface area (Å²) in [6.45, 7) is -0.549. The van der Waals surface area contributed by atoms with E-state index in [1.54, 1.807) is 0 Å². The molecule has 1 fully saturated rings. The summed E-state index contributed by atoms with van der Waals surface area (Å²) in [5, 5.41) is 0. The zero-order chi connectivity index (χ0) is 6.20. The summed E-state index contributed by atoms with van der Waals surface area (Å²) < 4.78 is 23.7. The maximum absolute atomic E-state index is 11.8. The maximum Gasteiger partial charge on any atom is 0.283 e. The lowest BCUT2D eigenvalue weighted by Crippen LogP contribution is -2.53. The molecule has 0 spiro atoms. The molecule has 0 aliphatic carbocycles. The fourth-order valence-corrected chi connectivity index (χ4v) is 0.603. The van der Waals surface area contributed by atoms with Crippen LogP contribution in [0.3, 0.4) is 0 Å². The minimum absolute atomic E-state index is 0.274. The van der Waals surface area contributed by atoms with E-state index in [9.17, 15) is 8.78 Å². The summed E-state index contributed by atoms with van der Waals surface area (Å²) >= 11 is 0. The van der Waals surface area contributed by atoms with Crippen molar-refractivity contribution in [3.8, 4) is 12.5 Å². The standard InChI is InChI=1S/C5H5F2N/c1-2-8-3-5(6,7)4-8/h1H,3-4H2. The van der Waals surface area contributed by atoms with Crippen LogP contribution in [0, 0.1) is 12.5 Å². The van der Waals surface area contributed by atoms with E-state index in [0.29, 0.717) is 0 Å². The Bertz CT molecular complexity index is 128. The van der Waals surface area contributed by atoms with Crippen molar-refractivity contribution >= 4 is 0 Å². The van der Waals surface area contributed by atoms with Crippen LogP contribution in [-0.2, 0) is 0 Å². The van der Waals surface area contributed by atoms with Gasteiger partial charge in [-0.05, 0) is 0 Å². The number of nitrogens with zero attached hydrogens (tertiary/aromatic N) is 1. The van der Waals surface area contributed by atoms with Crippen LogP contribution >= 0.6 is 0 Å². The first-order chi connectivity index (χ1) is 3.64. The zero-order valence-electron chi connectivity index (χ0n) is 4.19. The van der Waals surface area contributed by atoms with Crippen molar-refractivity contribution in [3.05, 3.63) is 0 Å². The van der Waals surface area contributed by atoms with E-state index in [0.717, 1.165) is 0 Å². The van der Waals surface area contributed by atoms with Crippen LogP contribution in [0.4, 0.5) is 8.78 Å². The van der Waals surface area contributed by atoms with Crippen LogP contribution in [-0.4, -0.2) is 23.9 Å². The summed E-state index contributed by atoms with van der Waals surface area (Å²) in [5.74, 6) is -2.52. The highest BCUT2D eigenvalue weighted by molar-refractivity contribution is 4.98. The highest BCUT2D eigenvalue weighted by atomic mass is 19.3. The molecule has 0 unspecified atom stereocenters. The van der Waals surface area contributed by atoms with Gasteiger partial charge in [0.05, 0.1) is 13.1 Å². The van der Waals surface area contributed by atoms with Gasteiger partial charge in [-0.2, -0.15) is 0 Å². The minimum Gasteiger partial charge on any atom is -0.321 e. The second-order valence-electron chi connectivity index (χ2n) is 1.84. The average molecular weight is 117 g/mol. The molecule has 1 saturated heterocycles. The summed E-state index contributed by atoms with van der Waals surface area (Å²) in [6.07, 6.45) is 4.80. The molecule has 8 heavy (non-hydrogen) atoms. The van der Waals surface area contributed by atoms with Crippen molar-refractivity contribution in [2.45, 2.75) is 5.92 Å². The smallest absolute Gasteiger partial charge is 0.283 e. The van der Waals surface area contributed by atoms with Crippen molar-refractivity contribution in [2.24, 2.45) is 0 Å². The van der Waals surface area contributed by atoms with E-state index in [1.807, 2.05) is 0 Å². The van der Waals surface area contributed by atoms with Crippen LogP contribution in [0.1, 0.15) is 0 Å². The molecule has 44 valence electrons. The first-order valence-electron chi connectivity index (χ1n) is 2.23. The zero-order valence-corrected chi connectivity index (χ0v) is 4.19. The fourth-order valence-electron chi connectivity index (χ4n) is 0.603. The van der Waals surface area contributed by atoms with Crippen molar-refractivity contribution in [1.29, 1.82) is 0 Å². The summed E-state index contributed by atoms with van der Waals surface area (Å²) in [7, 11) is 0. The van der Waals surface area contributed by atoms with E-state index in [-0.39, 0.29) is 13.1 Å². The molecule has 0 radical (unpaired) electrons. The second-order valence-corrected chi connectivity index (χ2v) is 1.84. The lowest BCUT2D eigenvalue weighted by atomic mass is 10.2. The Kier molecular flexibility index (Phi) is 0.902. The molecule has 3 heteroatoms. The van der Waals surface area contributed by atoms with Gasteiger partial charge in [-0.25, -0.2) is 8.78 Å². The van der Waals surface area contributed by atoms with E-state index in [1.165, 1.54) is 4.90 Å². The van der Waals surface area contributed by atoms with E-state index in [2.05, 4.69) is 6.04 Å². The molecule has 1 rings (SSSR count). The quantitative estimate of drug-likeness (QED) is 0.418. The lowest BCUT2D eigenvalue weighted by molar-refractivity contribution is -0.106. The van der Waals surface area contributed by atoms with Crippen molar-refractivity contribution in [2.75, 3.05) is 13.1 Å². The maximum atomic E-state index is 11.8. The van der Waals surface area contributed by atoms with E-state index >= 15 is 0 Å². The molecular weight excluding hydrogens is 112 g/mol. The molecule has 0 bridgehead atoms. The summed E-state index contributed by atoms with van der Waals surface area (Å²) in [5.41, 5.74) is 0. The monoisotopic (exact) mass is 117 g/mol. The Morgan fingerprint density at radius 2 is 2.00 bits per heavy atom. The van der Waals surface area contributed by atoms with Crippen molar-refractivity contribution in [3.63, 3.8) is 0 Å². The van der Waals surface area contributed by atoms with Gasteiger partial charge >= 0.3 is 0 Å². The Hall–Kier alpha value is -0.780. The number of rotatable bonds is 0. The fraction of sp³-hybridized carbons (Fsp3) is 0.600. The number of halogens is 2. The predicted octanol–water partition coefficient (Wildman–Crippen LogP) is 0.528. The van der Waals surface area contributed by atoms with Gasteiger partial charge in [-0.1, -0.05) is 6.42 Å².